The number of fused-ring (bicyclic) bond motifs is 1. The van der Waals surface area contributed by atoms with Crippen LogP contribution in [0.4, 0.5) is 0 Å². The van der Waals surface area contributed by atoms with Crippen LogP contribution in [0, 0.1) is 5.92 Å². The Balaban J connectivity index is 0.00000225. The molecule has 156 valence electrons. The Hall–Kier alpha value is -1.30. The molecule has 1 aromatic rings. The van der Waals surface area contributed by atoms with Gasteiger partial charge < -0.3 is 19.7 Å². The molecule has 0 aromatic heterocycles. The second-order valence-electron chi connectivity index (χ2n) is 8.26. The summed E-state index contributed by atoms with van der Waals surface area (Å²) in [6.07, 6.45) is 7.96. The Morgan fingerprint density at radius 1 is 1.25 bits per heavy atom. The molecule has 3 aliphatic rings. The highest BCUT2D eigenvalue weighted by Gasteiger charge is 2.36. The van der Waals surface area contributed by atoms with E-state index in [2.05, 4.69) is 28.4 Å². The second-order valence-corrected chi connectivity index (χ2v) is 8.26. The van der Waals surface area contributed by atoms with Crippen molar-refractivity contribution >= 4 is 18.3 Å². The number of carbonyl (C=O) groups excluding carboxylic acids is 1. The summed E-state index contributed by atoms with van der Waals surface area (Å²) in [4.78, 5) is 15.5. The zero-order chi connectivity index (χ0) is 18.6. The van der Waals surface area contributed by atoms with Gasteiger partial charge in [-0.1, -0.05) is 25.3 Å². The topological polar surface area (TPSA) is 50.8 Å². The molecule has 1 N–H and O–H groups in total. The Morgan fingerprint density at radius 3 is 2.79 bits per heavy atom. The molecule has 0 radical (unpaired) electrons. The maximum atomic E-state index is 13.3. The molecule has 2 atom stereocenters. The van der Waals surface area contributed by atoms with Gasteiger partial charge >= 0.3 is 0 Å². The summed E-state index contributed by atoms with van der Waals surface area (Å²) in [6, 6.07) is 6.84. The molecule has 2 fully saturated rings. The standard InChI is InChI=1S/C22H32N2O3.ClH/c1-26-20-8-7-17-12-21(16-5-3-2-4-6-16)24(14-18(17)11-20)22(25)13-19-15-27-10-9-23-19;/h7-8,11,16,19,21,23H,2-6,9-10,12-15H2,1H3;1H. The summed E-state index contributed by atoms with van der Waals surface area (Å²) >= 11 is 0. The molecule has 1 saturated heterocycles. The average molecular weight is 409 g/mol. The van der Waals surface area contributed by atoms with Gasteiger partial charge in [-0.25, -0.2) is 0 Å². The molecule has 0 bridgehead atoms. The van der Waals surface area contributed by atoms with Crippen LogP contribution in [0.25, 0.3) is 0 Å². The third kappa shape index (κ3) is 4.81. The largest absolute Gasteiger partial charge is 0.497 e. The number of amides is 1. The van der Waals surface area contributed by atoms with E-state index < -0.39 is 0 Å². The van der Waals surface area contributed by atoms with Crippen LogP contribution in [-0.4, -0.2) is 49.8 Å². The fraction of sp³-hybridized carbons (Fsp3) is 0.682. The summed E-state index contributed by atoms with van der Waals surface area (Å²) in [5.41, 5.74) is 2.62. The number of nitrogens with zero attached hydrogens (tertiary/aromatic N) is 1. The molecular formula is C22H33ClN2O3. The number of benzene rings is 1. The number of morpholine rings is 1. The maximum absolute atomic E-state index is 13.3. The normalized spacial score (nSPS) is 25.5. The Labute approximate surface area is 174 Å². The SMILES string of the molecule is COc1ccc2c(c1)CN(C(=O)CC1COCCN1)C(C1CCCCC1)C2.Cl. The van der Waals surface area contributed by atoms with Crippen molar-refractivity contribution in [3.8, 4) is 5.75 Å². The molecule has 1 aliphatic carbocycles. The minimum Gasteiger partial charge on any atom is -0.497 e. The molecule has 5 nitrogen and oxygen atoms in total. The molecule has 28 heavy (non-hydrogen) atoms. The molecule has 2 heterocycles. The first-order chi connectivity index (χ1) is 13.2. The van der Waals surface area contributed by atoms with Gasteiger partial charge in [0.25, 0.3) is 0 Å². The van der Waals surface area contributed by atoms with Crippen LogP contribution in [-0.2, 0) is 22.5 Å². The smallest absolute Gasteiger partial charge is 0.224 e. The van der Waals surface area contributed by atoms with Crippen LogP contribution in [0.15, 0.2) is 18.2 Å². The van der Waals surface area contributed by atoms with Gasteiger partial charge in [0.2, 0.25) is 5.91 Å². The minimum atomic E-state index is 0. The van der Waals surface area contributed by atoms with E-state index in [0.717, 1.165) is 25.3 Å². The highest BCUT2D eigenvalue weighted by atomic mass is 35.5. The Kier molecular flexibility index (Phi) is 7.61. The summed E-state index contributed by atoms with van der Waals surface area (Å²) in [7, 11) is 1.70. The summed E-state index contributed by atoms with van der Waals surface area (Å²) in [6.45, 7) is 2.93. The molecule has 1 aromatic carbocycles. The van der Waals surface area contributed by atoms with Crippen LogP contribution in [0.2, 0.25) is 0 Å². The number of rotatable bonds is 4. The highest BCUT2D eigenvalue weighted by Crippen LogP contribution is 2.36. The van der Waals surface area contributed by atoms with E-state index in [1.807, 2.05) is 0 Å². The molecule has 1 saturated carbocycles. The fourth-order valence-corrected chi connectivity index (χ4v) is 5.00. The molecule has 6 heteroatoms. The number of ether oxygens (including phenoxy) is 2. The van der Waals surface area contributed by atoms with E-state index in [-0.39, 0.29) is 24.4 Å². The summed E-state index contributed by atoms with van der Waals surface area (Å²) < 4.78 is 11.0. The lowest BCUT2D eigenvalue weighted by atomic mass is 9.78. The van der Waals surface area contributed by atoms with E-state index >= 15 is 0 Å². The third-order valence-corrected chi connectivity index (χ3v) is 6.52. The van der Waals surface area contributed by atoms with Crippen molar-refractivity contribution in [3.05, 3.63) is 29.3 Å². The predicted octanol–water partition coefficient (Wildman–Crippen LogP) is 3.33. The number of carbonyl (C=O) groups is 1. The van der Waals surface area contributed by atoms with Gasteiger partial charge in [-0.3, -0.25) is 4.79 Å². The average Bonchev–Trinajstić information content (AvgIpc) is 2.73. The third-order valence-electron chi connectivity index (χ3n) is 6.52. The van der Waals surface area contributed by atoms with Gasteiger partial charge in [0.05, 0.1) is 20.3 Å². The van der Waals surface area contributed by atoms with Crippen molar-refractivity contribution in [1.29, 1.82) is 0 Å². The lowest BCUT2D eigenvalue weighted by Crippen LogP contribution is -2.51. The first-order valence-electron chi connectivity index (χ1n) is 10.5. The van der Waals surface area contributed by atoms with Crippen molar-refractivity contribution in [2.45, 2.75) is 63.6 Å². The maximum Gasteiger partial charge on any atom is 0.224 e. The van der Waals surface area contributed by atoms with Crippen molar-refractivity contribution < 1.29 is 14.3 Å². The fourth-order valence-electron chi connectivity index (χ4n) is 5.00. The van der Waals surface area contributed by atoms with E-state index in [0.29, 0.717) is 31.5 Å². The van der Waals surface area contributed by atoms with Crippen LogP contribution in [0.1, 0.15) is 49.7 Å². The van der Waals surface area contributed by atoms with Gasteiger partial charge in [-0.05, 0) is 48.4 Å². The number of methoxy groups -OCH3 is 1. The van der Waals surface area contributed by atoms with Crippen molar-refractivity contribution in [2.75, 3.05) is 26.9 Å². The number of nitrogens with one attached hydrogen (secondary N) is 1. The summed E-state index contributed by atoms with van der Waals surface area (Å²) in [5.74, 6) is 1.77. The van der Waals surface area contributed by atoms with E-state index in [1.165, 1.54) is 43.2 Å². The minimum absolute atomic E-state index is 0. The number of halogens is 1. The first-order valence-corrected chi connectivity index (χ1v) is 10.5. The molecule has 1 amide bonds. The first kappa shape index (κ1) is 21.4. The molecule has 2 aliphatic heterocycles. The van der Waals surface area contributed by atoms with Gasteiger partial charge in [0.15, 0.2) is 0 Å². The van der Waals surface area contributed by atoms with Crippen molar-refractivity contribution in [2.24, 2.45) is 5.92 Å². The van der Waals surface area contributed by atoms with Gasteiger partial charge in [0.1, 0.15) is 5.75 Å². The van der Waals surface area contributed by atoms with Crippen LogP contribution >= 0.6 is 12.4 Å². The Morgan fingerprint density at radius 2 is 2.07 bits per heavy atom. The van der Waals surface area contributed by atoms with Crippen molar-refractivity contribution in [1.82, 2.24) is 10.2 Å². The van der Waals surface area contributed by atoms with Gasteiger partial charge in [0, 0.05) is 31.6 Å². The van der Waals surface area contributed by atoms with Gasteiger partial charge in [-0.2, -0.15) is 0 Å². The van der Waals surface area contributed by atoms with Crippen molar-refractivity contribution in [3.63, 3.8) is 0 Å². The van der Waals surface area contributed by atoms with E-state index in [1.54, 1.807) is 7.11 Å². The number of hydrogen-bond acceptors (Lipinski definition) is 4. The van der Waals surface area contributed by atoms with Crippen LogP contribution in [0.5, 0.6) is 5.75 Å². The monoisotopic (exact) mass is 408 g/mol. The second kappa shape index (κ2) is 9.95. The quantitative estimate of drug-likeness (QED) is 0.830. The van der Waals surface area contributed by atoms with E-state index in [4.69, 9.17) is 9.47 Å². The van der Waals surface area contributed by atoms with Crippen LogP contribution < -0.4 is 10.1 Å². The molecule has 2 unspecified atom stereocenters. The molecule has 0 spiro atoms. The van der Waals surface area contributed by atoms with Crippen LogP contribution in [0.3, 0.4) is 0 Å². The summed E-state index contributed by atoms with van der Waals surface area (Å²) in [5, 5.41) is 3.43. The van der Waals surface area contributed by atoms with Gasteiger partial charge in [-0.15, -0.1) is 12.4 Å². The predicted molar refractivity (Wildman–Crippen MR) is 112 cm³/mol. The molecular weight excluding hydrogens is 376 g/mol. The zero-order valence-corrected chi connectivity index (χ0v) is 17.6. The Bertz CT molecular complexity index is 657. The highest BCUT2D eigenvalue weighted by molar-refractivity contribution is 5.85. The lowest BCUT2D eigenvalue weighted by molar-refractivity contribution is -0.137. The molecule has 4 rings (SSSR count). The lowest BCUT2D eigenvalue weighted by Gasteiger charge is -2.43. The zero-order valence-electron chi connectivity index (χ0n) is 16.8. The number of hydrogen-bond donors (Lipinski definition) is 1. The van der Waals surface area contributed by atoms with E-state index in [9.17, 15) is 4.79 Å².